The molecule has 5 heteroatoms. The molecule has 5 N–H and O–H groups in total. The highest BCUT2D eigenvalue weighted by Crippen LogP contribution is 2.40. The van der Waals surface area contributed by atoms with Crippen LogP contribution < -0.4 is 11.5 Å². The third-order valence-corrected chi connectivity index (χ3v) is 6.57. The highest BCUT2D eigenvalue weighted by atomic mass is 16.3. The Morgan fingerprint density at radius 3 is 2.30 bits per heavy atom. The maximum absolute atomic E-state index is 11.3. The number of nitrogens with two attached hydrogens (primary N) is 2. The number of benzene rings is 1. The summed E-state index contributed by atoms with van der Waals surface area (Å²) in [5, 5.41) is 11.3. The minimum atomic E-state index is -1.02. The fourth-order valence-electron chi connectivity index (χ4n) is 4.61. The zero-order valence-electron chi connectivity index (χ0n) is 20.6. The van der Waals surface area contributed by atoms with Crippen LogP contribution in [0.2, 0.25) is 0 Å². The van der Waals surface area contributed by atoms with Crippen LogP contribution in [0.25, 0.3) is 17.5 Å². The Morgan fingerprint density at radius 2 is 1.79 bits per heavy atom. The summed E-state index contributed by atoms with van der Waals surface area (Å²) in [5.74, 6) is 1.51. The quantitative estimate of drug-likeness (QED) is 0.509. The lowest BCUT2D eigenvalue weighted by molar-refractivity contribution is 0.0991. The molecule has 1 heterocycles. The number of nitrogens with zero attached hydrogens (tertiary/aromatic N) is 2. The molecule has 0 radical (unpaired) electrons. The Kier molecular flexibility index (Phi) is 8.33. The van der Waals surface area contributed by atoms with Crippen molar-refractivity contribution in [1.29, 1.82) is 0 Å². The Balaban J connectivity index is 0.000000968. The molecule has 2 aliphatic carbocycles. The highest BCUT2D eigenvalue weighted by Gasteiger charge is 2.31. The standard InChI is InChI=1S/C25H32N4O.C3H8/c1-17-6-3-4-9-21(17)25(2,30)20-12-10-18(11-13-20)23-22(16-27)29(15-14-26)24(28-23)19-7-5-8-19;1-3-2/h6,9-15,19,30H,3-5,7-8,16,26-27H2,1-2H3;3H2,1-2H3/b15-14-;. The van der Waals surface area contributed by atoms with E-state index in [1.54, 1.807) is 6.20 Å². The second-order valence-electron chi connectivity index (χ2n) is 9.25. The van der Waals surface area contributed by atoms with Crippen LogP contribution in [0.3, 0.4) is 0 Å². The zero-order chi connectivity index (χ0) is 24.0. The lowest BCUT2D eigenvalue weighted by Gasteiger charge is -2.30. The molecule has 2 aromatic rings. The van der Waals surface area contributed by atoms with Crippen molar-refractivity contribution in [2.75, 3.05) is 0 Å². The second-order valence-corrected chi connectivity index (χ2v) is 9.25. The minimum Gasteiger partial charge on any atom is -0.403 e. The van der Waals surface area contributed by atoms with Gasteiger partial charge in [-0.05, 0) is 56.2 Å². The summed E-state index contributed by atoms with van der Waals surface area (Å²) >= 11 is 0. The van der Waals surface area contributed by atoms with Gasteiger partial charge in [0.15, 0.2) is 0 Å². The van der Waals surface area contributed by atoms with Crippen LogP contribution in [-0.4, -0.2) is 14.7 Å². The topological polar surface area (TPSA) is 90.1 Å². The van der Waals surface area contributed by atoms with E-state index in [4.69, 9.17) is 16.5 Å². The molecule has 1 atom stereocenters. The summed E-state index contributed by atoms with van der Waals surface area (Å²) in [4.78, 5) is 4.98. The molecule has 1 saturated carbocycles. The fraction of sp³-hybridized carbons (Fsp3) is 0.464. The molecule has 0 spiro atoms. The van der Waals surface area contributed by atoms with Crippen molar-refractivity contribution in [3.05, 3.63) is 70.8 Å². The van der Waals surface area contributed by atoms with Crippen LogP contribution in [0.5, 0.6) is 0 Å². The number of imidazole rings is 1. The van der Waals surface area contributed by atoms with E-state index < -0.39 is 5.60 Å². The molecule has 1 unspecified atom stereocenters. The van der Waals surface area contributed by atoms with E-state index >= 15 is 0 Å². The van der Waals surface area contributed by atoms with E-state index in [0.717, 1.165) is 65.2 Å². The predicted octanol–water partition coefficient (Wildman–Crippen LogP) is 5.95. The first-order valence-electron chi connectivity index (χ1n) is 12.3. The molecule has 1 fully saturated rings. The number of rotatable bonds is 6. The van der Waals surface area contributed by atoms with Gasteiger partial charge in [-0.1, -0.05) is 63.1 Å². The van der Waals surface area contributed by atoms with E-state index in [2.05, 4.69) is 37.5 Å². The predicted molar refractivity (Wildman–Crippen MR) is 138 cm³/mol. The largest absolute Gasteiger partial charge is 0.403 e. The number of aromatic nitrogens is 2. The van der Waals surface area contributed by atoms with Crippen LogP contribution in [0.1, 0.15) is 89.2 Å². The molecule has 0 amide bonds. The summed E-state index contributed by atoms with van der Waals surface area (Å²) in [5.41, 5.74) is 16.7. The van der Waals surface area contributed by atoms with Crippen LogP contribution in [0.4, 0.5) is 0 Å². The lowest BCUT2D eigenvalue weighted by Crippen LogP contribution is -2.25. The van der Waals surface area contributed by atoms with Crippen molar-refractivity contribution in [1.82, 2.24) is 9.55 Å². The van der Waals surface area contributed by atoms with Gasteiger partial charge in [-0.15, -0.1) is 0 Å². The maximum Gasteiger partial charge on any atom is 0.116 e. The van der Waals surface area contributed by atoms with Crippen LogP contribution in [0.15, 0.2) is 53.8 Å². The Hall–Kier alpha value is -2.63. The molecule has 178 valence electrons. The van der Waals surface area contributed by atoms with Gasteiger partial charge in [-0.2, -0.15) is 0 Å². The molecule has 0 aliphatic heterocycles. The summed E-state index contributed by atoms with van der Waals surface area (Å²) in [7, 11) is 0. The Morgan fingerprint density at radius 1 is 1.15 bits per heavy atom. The second kappa shape index (κ2) is 11.0. The van der Waals surface area contributed by atoms with Crippen LogP contribution in [0, 0.1) is 0 Å². The fourth-order valence-corrected chi connectivity index (χ4v) is 4.61. The van der Waals surface area contributed by atoms with Gasteiger partial charge in [0.25, 0.3) is 0 Å². The Labute approximate surface area is 198 Å². The average Bonchev–Trinajstić information content (AvgIpc) is 3.11. The zero-order valence-corrected chi connectivity index (χ0v) is 20.6. The van der Waals surface area contributed by atoms with Gasteiger partial charge < -0.3 is 21.1 Å². The van der Waals surface area contributed by atoms with Gasteiger partial charge in [-0.3, -0.25) is 0 Å². The summed E-state index contributed by atoms with van der Waals surface area (Å²) in [6.45, 7) is 8.58. The number of hydrogen-bond donors (Lipinski definition) is 3. The first kappa shape index (κ1) is 25.0. The van der Waals surface area contributed by atoms with Crippen molar-refractivity contribution in [3.63, 3.8) is 0 Å². The third-order valence-electron chi connectivity index (χ3n) is 6.57. The van der Waals surface area contributed by atoms with Crippen molar-refractivity contribution in [2.45, 2.75) is 84.3 Å². The maximum atomic E-state index is 11.3. The van der Waals surface area contributed by atoms with Crippen molar-refractivity contribution in [2.24, 2.45) is 11.5 Å². The van der Waals surface area contributed by atoms with E-state index in [1.807, 2.05) is 37.4 Å². The van der Waals surface area contributed by atoms with Gasteiger partial charge in [0, 0.05) is 30.4 Å². The molecule has 1 aromatic heterocycles. The molecule has 1 aromatic carbocycles. The summed E-state index contributed by atoms with van der Waals surface area (Å²) in [6, 6.07) is 8.07. The monoisotopic (exact) mass is 448 g/mol. The highest BCUT2D eigenvalue weighted by molar-refractivity contribution is 5.65. The summed E-state index contributed by atoms with van der Waals surface area (Å²) < 4.78 is 2.06. The molecule has 0 bridgehead atoms. The Bertz CT molecular complexity index is 1020. The van der Waals surface area contributed by atoms with Gasteiger partial charge >= 0.3 is 0 Å². The first-order valence-corrected chi connectivity index (χ1v) is 12.3. The molecule has 33 heavy (non-hydrogen) atoms. The van der Waals surface area contributed by atoms with E-state index in [0.29, 0.717) is 12.5 Å². The minimum absolute atomic E-state index is 0.385. The van der Waals surface area contributed by atoms with Gasteiger partial charge in [0.1, 0.15) is 11.4 Å². The normalized spacial score (nSPS) is 18.1. The first-order chi connectivity index (χ1) is 15.9. The SMILES string of the molecule is CC1=CCCC=C1C(C)(O)c1ccc(-c2nc(C3CCC3)n(/C=C\N)c2CN)cc1.CCC. The van der Waals surface area contributed by atoms with Crippen molar-refractivity contribution in [3.8, 4) is 11.3 Å². The van der Waals surface area contributed by atoms with E-state index in [-0.39, 0.29) is 0 Å². The van der Waals surface area contributed by atoms with E-state index in [1.165, 1.54) is 12.8 Å². The third kappa shape index (κ3) is 5.15. The van der Waals surface area contributed by atoms with Crippen LogP contribution >= 0.6 is 0 Å². The van der Waals surface area contributed by atoms with E-state index in [9.17, 15) is 5.11 Å². The lowest BCUT2D eigenvalue weighted by atomic mass is 9.81. The number of hydrogen-bond acceptors (Lipinski definition) is 4. The van der Waals surface area contributed by atoms with Crippen LogP contribution in [-0.2, 0) is 12.1 Å². The average molecular weight is 449 g/mol. The number of aliphatic hydroxyl groups is 1. The van der Waals surface area contributed by atoms with Gasteiger partial charge in [-0.25, -0.2) is 4.98 Å². The summed E-state index contributed by atoms with van der Waals surface area (Å²) in [6.07, 6.45) is 14.6. The molecule has 0 saturated heterocycles. The van der Waals surface area contributed by atoms with Crippen molar-refractivity contribution >= 4 is 6.20 Å². The molecule has 2 aliphatic rings. The van der Waals surface area contributed by atoms with Crippen molar-refractivity contribution < 1.29 is 5.11 Å². The molecule has 5 nitrogen and oxygen atoms in total. The number of allylic oxidation sites excluding steroid dienone is 2. The molecular formula is C28H40N4O. The molecular weight excluding hydrogens is 408 g/mol. The van der Waals surface area contributed by atoms with Gasteiger partial charge in [0.05, 0.1) is 11.4 Å². The molecule has 4 rings (SSSR count). The smallest absolute Gasteiger partial charge is 0.116 e. The van der Waals surface area contributed by atoms with Gasteiger partial charge in [0.2, 0.25) is 0 Å².